The van der Waals surface area contributed by atoms with Crippen LogP contribution in [0.3, 0.4) is 0 Å². The van der Waals surface area contributed by atoms with Crippen molar-refractivity contribution >= 4 is 22.6 Å². The summed E-state index contributed by atoms with van der Waals surface area (Å²) in [6, 6.07) is 12.4. The van der Waals surface area contributed by atoms with Crippen LogP contribution in [-0.4, -0.2) is 28.1 Å². The Kier molecular flexibility index (Phi) is 5.30. The molecule has 0 fully saturated rings. The van der Waals surface area contributed by atoms with Crippen LogP contribution in [0.25, 0.3) is 16.5 Å². The van der Waals surface area contributed by atoms with Gasteiger partial charge in [0.1, 0.15) is 5.82 Å². The van der Waals surface area contributed by atoms with Gasteiger partial charge in [-0.3, -0.25) is 19.0 Å². The summed E-state index contributed by atoms with van der Waals surface area (Å²) >= 11 is 0. The van der Waals surface area contributed by atoms with E-state index in [1.165, 1.54) is 24.4 Å². The van der Waals surface area contributed by atoms with Crippen LogP contribution in [0, 0.1) is 5.82 Å². The Hall–Kier alpha value is -3.48. The Bertz CT molecular complexity index is 1080. The van der Waals surface area contributed by atoms with Crippen molar-refractivity contribution in [3.05, 3.63) is 76.5 Å². The first-order valence-electron chi connectivity index (χ1n) is 8.38. The SMILES string of the molecule is O=C(O)CCCNC(=O)c1cn(-c2ccccc2F)c(=O)c2ccccc12. The van der Waals surface area contributed by atoms with E-state index in [1.54, 1.807) is 30.3 Å². The third-order valence-corrected chi connectivity index (χ3v) is 4.13. The van der Waals surface area contributed by atoms with Gasteiger partial charge < -0.3 is 10.4 Å². The van der Waals surface area contributed by atoms with E-state index in [4.69, 9.17) is 5.11 Å². The number of carbonyl (C=O) groups excluding carboxylic acids is 1. The Morgan fingerprint density at radius 1 is 1.04 bits per heavy atom. The molecule has 2 aromatic carbocycles. The number of benzene rings is 2. The van der Waals surface area contributed by atoms with Gasteiger partial charge in [-0.15, -0.1) is 0 Å². The zero-order chi connectivity index (χ0) is 19.4. The van der Waals surface area contributed by atoms with E-state index >= 15 is 0 Å². The number of carboxylic acids is 1. The average Bonchev–Trinajstić information content (AvgIpc) is 2.66. The molecule has 0 atom stereocenters. The van der Waals surface area contributed by atoms with Gasteiger partial charge in [0.2, 0.25) is 0 Å². The third-order valence-electron chi connectivity index (χ3n) is 4.13. The van der Waals surface area contributed by atoms with Gasteiger partial charge in [-0.25, -0.2) is 4.39 Å². The maximum absolute atomic E-state index is 14.2. The number of hydrogen-bond donors (Lipinski definition) is 2. The zero-order valence-electron chi connectivity index (χ0n) is 14.3. The Morgan fingerprint density at radius 2 is 1.70 bits per heavy atom. The van der Waals surface area contributed by atoms with Crippen LogP contribution in [0.5, 0.6) is 0 Å². The van der Waals surface area contributed by atoms with Crippen LogP contribution < -0.4 is 10.9 Å². The summed E-state index contributed by atoms with van der Waals surface area (Å²) in [5.41, 5.74) is -0.171. The lowest BCUT2D eigenvalue weighted by atomic mass is 10.1. The van der Waals surface area contributed by atoms with Crippen LogP contribution in [0.1, 0.15) is 23.2 Å². The first kappa shape index (κ1) is 18.3. The molecule has 0 aliphatic rings. The quantitative estimate of drug-likeness (QED) is 0.655. The lowest BCUT2D eigenvalue weighted by Gasteiger charge is -2.13. The third kappa shape index (κ3) is 3.87. The Balaban J connectivity index is 2.06. The monoisotopic (exact) mass is 368 g/mol. The predicted octanol–water partition coefficient (Wildman–Crippen LogP) is 2.72. The van der Waals surface area contributed by atoms with E-state index in [1.807, 2.05) is 0 Å². The van der Waals surface area contributed by atoms with E-state index in [-0.39, 0.29) is 30.6 Å². The number of fused-ring (bicyclic) bond motifs is 1. The lowest BCUT2D eigenvalue weighted by molar-refractivity contribution is -0.137. The molecule has 138 valence electrons. The molecule has 2 N–H and O–H groups in total. The number of carbonyl (C=O) groups is 2. The van der Waals surface area contributed by atoms with Crippen LogP contribution in [-0.2, 0) is 4.79 Å². The van der Waals surface area contributed by atoms with E-state index in [0.29, 0.717) is 10.8 Å². The number of carboxylic acid groups (broad SMARTS) is 1. The summed E-state index contributed by atoms with van der Waals surface area (Å²) in [6.07, 6.45) is 1.54. The summed E-state index contributed by atoms with van der Waals surface area (Å²) in [7, 11) is 0. The lowest BCUT2D eigenvalue weighted by Crippen LogP contribution is -2.28. The van der Waals surface area contributed by atoms with E-state index in [0.717, 1.165) is 4.57 Å². The van der Waals surface area contributed by atoms with Gasteiger partial charge in [-0.05, 0) is 24.6 Å². The normalized spacial score (nSPS) is 10.7. The summed E-state index contributed by atoms with van der Waals surface area (Å²) in [4.78, 5) is 36.0. The molecule has 27 heavy (non-hydrogen) atoms. The van der Waals surface area contributed by atoms with Gasteiger partial charge in [0, 0.05) is 29.9 Å². The van der Waals surface area contributed by atoms with Crippen molar-refractivity contribution < 1.29 is 19.1 Å². The molecule has 0 spiro atoms. The van der Waals surface area contributed by atoms with Gasteiger partial charge >= 0.3 is 5.97 Å². The van der Waals surface area contributed by atoms with Gasteiger partial charge in [0.25, 0.3) is 11.5 Å². The molecule has 1 aromatic heterocycles. The first-order chi connectivity index (χ1) is 13.0. The number of amides is 1. The maximum atomic E-state index is 14.2. The highest BCUT2D eigenvalue weighted by molar-refractivity contribution is 6.06. The van der Waals surface area contributed by atoms with Crippen molar-refractivity contribution in [3.8, 4) is 5.69 Å². The number of para-hydroxylation sites is 1. The van der Waals surface area contributed by atoms with Crippen molar-refractivity contribution in [2.45, 2.75) is 12.8 Å². The molecule has 0 unspecified atom stereocenters. The number of rotatable bonds is 6. The molecule has 0 saturated heterocycles. The summed E-state index contributed by atoms with van der Waals surface area (Å²) in [5.74, 6) is -1.98. The highest BCUT2D eigenvalue weighted by Crippen LogP contribution is 2.19. The molecule has 6 nitrogen and oxygen atoms in total. The molecular formula is C20H17FN2O4. The molecule has 0 aliphatic carbocycles. The second-order valence-electron chi connectivity index (χ2n) is 5.97. The van der Waals surface area contributed by atoms with Crippen LogP contribution >= 0.6 is 0 Å². The van der Waals surface area contributed by atoms with Crippen LogP contribution in [0.4, 0.5) is 4.39 Å². The fourth-order valence-electron chi connectivity index (χ4n) is 2.84. The fraction of sp³-hybridized carbons (Fsp3) is 0.150. The summed E-state index contributed by atoms with van der Waals surface area (Å²) in [6.45, 7) is 0.179. The second-order valence-corrected chi connectivity index (χ2v) is 5.97. The minimum Gasteiger partial charge on any atom is -0.481 e. The van der Waals surface area contributed by atoms with Gasteiger partial charge in [0.15, 0.2) is 0 Å². The Morgan fingerprint density at radius 3 is 2.41 bits per heavy atom. The molecule has 0 saturated carbocycles. The van der Waals surface area contributed by atoms with Crippen molar-refractivity contribution in [2.24, 2.45) is 0 Å². The summed E-state index contributed by atoms with van der Waals surface area (Å²) in [5, 5.41) is 12.1. The minimum atomic E-state index is -0.942. The van der Waals surface area contributed by atoms with E-state index in [9.17, 15) is 18.8 Å². The zero-order valence-corrected chi connectivity index (χ0v) is 14.3. The highest BCUT2D eigenvalue weighted by Gasteiger charge is 2.16. The number of nitrogens with one attached hydrogen (secondary N) is 1. The van der Waals surface area contributed by atoms with Gasteiger partial charge in [-0.2, -0.15) is 0 Å². The Labute approximate surface area is 153 Å². The van der Waals surface area contributed by atoms with Crippen molar-refractivity contribution in [2.75, 3.05) is 6.54 Å². The number of halogens is 1. The molecular weight excluding hydrogens is 351 g/mol. The highest BCUT2D eigenvalue weighted by atomic mass is 19.1. The van der Waals surface area contributed by atoms with E-state index < -0.39 is 23.3 Å². The molecule has 0 radical (unpaired) electrons. The van der Waals surface area contributed by atoms with E-state index in [2.05, 4.69) is 5.32 Å². The van der Waals surface area contributed by atoms with Gasteiger partial charge in [-0.1, -0.05) is 30.3 Å². The second kappa shape index (κ2) is 7.82. The standard InChI is InChI=1S/C20H17FN2O4/c21-16-8-3-4-9-17(16)23-12-15(19(26)22-11-5-10-18(24)25)13-6-1-2-7-14(13)20(23)27/h1-4,6-9,12H,5,10-11H2,(H,22,26)(H,24,25). The number of nitrogens with zero attached hydrogens (tertiary/aromatic N) is 1. The number of hydrogen-bond acceptors (Lipinski definition) is 3. The van der Waals surface area contributed by atoms with Crippen molar-refractivity contribution in [1.29, 1.82) is 0 Å². The fourth-order valence-corrected chi connectivity index (χ4v) is 2.84. The largest absolute Gasteiger partial charge is 0.481 e. The first-order valence-corrected chi connectivity index (χ1v) is 8.38. The number of aromatic nitrogens is 1. The smallest absolute Gasteiger partial charge is 0.303 e. The number of pyridine rings is 1. The van der Waals surface area contributed by atoms with Gasteiger partial charge in [0.05, 0.1) is 11.3 Å². The molecule has 3 aromatic rings. The molecule has 1 heterocycles. The molecule has 0 bridgehead atoms. The minimum absolute atomic E-state index is 0.0492. The average molecular weight is 368 g/mol. The van der Waals surface area contributed by atoms with Crippen molar-refractivity contribution in [3.63, 3.8) is 0 Å². The van der Waals surface area contributed by atoms with Crippen molar-refractivity contribution in [1.82, 2.24) is 9.88 Å². The predicted molar refractivity (Wildman–Crippen MR) is 98.7 cm³/mol. The maximum Gasteiger partial charge on any atom is 0.303 e. The molecule has 7 heteroatoms. The molecule has 3 rings (SSSR count). The summed E-state index contributed by atoms with van der Waals surface area (Å²) < 4.78 is 15.3. The van der Waals surface area contributed by atoms with Crippen LogP contribution in [0.2, 0.25) is 0 Å². The van der Waals surface area contributed by atoms with Crippen LogP contribution in [0.15, 0.2) is 59.5 Å². The molecule has 0 aliphatic heterocycles. The molecule has 1 amide bonds. The topological polar surface area (TPSA) is 88.4 Å². The number of aliphatic carboxylic acids is 1.